The minimum absolute atomic E-state index is 0.0450. The number of rotatable bonds is 2. The molecule has 0 fully saturated rings. The second kappa shape index (κ2) is 5.11. The SMILES string of the molecule is FC(F)(F)c1ccc(Cn2cnc3c(Cl)nc(Cl)nc32)s1. The molecule has 0 amide bonds. The van der Waals surface area contributed by atoms with E-state index >= 15 is 0 Å². The van der Waals surface area contributed by atoms with Crippen molar-refractivity contribution in [1.82, 2.24) is 19.5 Å². The Labute approximate surface area is 130 Å². The fourth-order valence-electron chi connectivity index (χ4n) is 1.78. The molecule has 0 aliphatic carbocycles. The molecule has 0 saturated heterocycles. The van der Waals surface area contributed by atoms with Gasteiger partial charge in [0.1, 0.15) is 10.4 Å². The van der Waals surface area contributed by atoms with E-state index in [0.29, 0.717) is 27.4 Å². The average Bonchev–Trinajstić information content (AvgIpc) is 2.97. The van der Waals surface area contributed by atoms with Crippen LogP contribution >= 0.6 is 34.5 Å². The summed E-state index contributed by atoms with van der Waals surface area (Å²) >= 11 is 12.3. The van der Waals surface area contributed by atoms with Crippen molar-refractivity contribution in [3.63, 3.8) is 0 Å². The second-order valence-corrected chi connectivity index (χ2v) is 5.96. The minimum atomic E-state index is -4.34. The molecule has 110 valence electrons. The van der Waals surface area contributed by atoms with Gasteiger partial charge >= 0.3 is 6.18 Å². The van der Waals surface area contributed by atoms with Gasteiger partial charge in [0.2, 0.25) is 5.28 Å². The van der Waals surface area contributed by atoms with E-state index in [9.17, 15) is 13.2 Å². The van der Waals surface area contributed by atoms with Crippen LogP contribution in [0.25, 0.3) is 11.2 Å². The van der Waals surface area contributed by atoms with E-state index in [-0.39, 0.29) is 17.0 Å². The molecule has 0 radical (unpaired) electrons. The molecule has 21 heavy (non-hydrogen) atoms. The van der Waals surface area contributed by atoms with Crippen molar-refractivity contribution < 1.29 is 13.2 Å². The summed E-state index contributed by atoms with van der Waals surface area (Å²) in [6, 6.07) is 2.47. The molecule has 0 aromatic carbocycles. The Kier molecular flexibility index (Phi) is 3.54. The van der Waals surface area contributed by atoms with E-state index in [2.05, 4.69) is 15.0 Å². The van der Waals surface area contributed by atoms with Crippen LogP contribution in [0.2, 0.25) is 10.4 Å². The Hall–Kier alpha value is -1.38. The molecular formula is C11H5Cl2F3N4S. The lowest BCUT2D eigenvalue weighted by Crippen LogP contribution is -2.01. The van der Waals surface area contributed by atoms with E-state index in [0.717, 1.165) is 6.07 Å². The van der Waals surface area contributed by atoms with Crippen molar-refractivity contribution in [2.24, 2.45) is 0 Å². The number of hydrogen-bond donors (Lipinski definition) is 0. The first kappa shape index (κ1) is 14.6. The fraction of sp³-hybridized carbons (Fsp3) is 0.182. The first-order chi connectivity index (χ1) is 9.84. The van der Waals surface area contributed by atoms with Gasteiger partial charge in [0.25, 0.3) is 0 Å². The van der Waals surface area contributed by atoms with Crippen LogP contribution in [0.4, 0.5) is 13.2 Å². The van der Waals surface area contributed by atoms with Crippen molar-refractivity contribution in [3.05, 3.63) is 38.7 Å². The minimum Gasteiger partial charge on any atom is -0.310 e. The lowest BCUT2D eigenvalue weighted by atomic mass is 10.4. The maximum Gasteiger partial charge on any atom is 0.425 e. The second-order valence-electron chi connectivity index (χ2n) is 4.09. The number of imidazole rings is 1. The Morgan fingerprint density at radius 3 is 2.62 bits per heavy atom. The van der Waals surface area contributed by atoms with Gasteiger partial charge in [-0.2, -0.15) is 18.2 Å². The monoisotopic (exact) mass is 352 g/mol. The van der Waals surface area contributed by atoms with Crippen molar-refractivity contribution in [2.45, 2.75) is 12.7 Å². The zero-order valence-corrected chi connectivity index (χ0v) is 12.4. The van der Waals surface area contributed by atoms with Gasteiger partial charge in [-0.3, -0.25) is 0 Å². The van der Waals surface area contributed by atoms with Gasteiger partial charge in [0.05, 0.1) is 12.9 Å². The molecule has 3 aromatic heterocycles. The Bertz CT molecular complexity index is 812. The van der Waals surface area contributed by atoms with Crippen LogP contribution in [0.3, 0.4) is 0 Å². The van der Waals surface area contributed by atoms with Gasteiger partial charge < -0.3 is 4.57 Å². The molecule has 3 rings (SSSR count). The lowest BCUT2D eigenvalue weighted by Gasteiger charge is -2.03. The highest BCUT2D eigenvalue weighted by Crippen LogP contribution is 2.35. The van der Waals surface area contributed by atoms with E-state index in [1.54, 1.807) is 4.57 Å². The largest absolute Gasteiger partial charge is 0.425 e. The predicted octanol–water partition coefficient (Wildman–Crippen LogP) is 4.26. The van der Waals surface area contributed by atoms with Gasteiger partial charge in [-0.05, 0) is 23.7 Å². The molecule has 0 aliphatic rings. The van der Waals surface area contributed by atoms with Crippen LogP contribution in [0, 0.1) is 0 Å². The maximum atomic E-state index is 12.6. The predicted molar refractivity (Wildman–Crippen MR) is 73.8 cm³/mol. The van der Waals surface area contributed by atoms with Crippen LogP contribution in [-0.2, 0) is 12.7 Å². The van der Waals surface area contributed by atoms with Crippen LogP contribution < -0.4 is 0 Å². The summed E-state index contributed by atoms with van der Waals surface area (Å²) in [5, 5.41) is 0.0577. The van der Waals surface area contributed by atoms with Gasteiger partial charge in [-0.25, -0.2) is 9.97 Å². The van der Waals surface area contributed by atoms with Crippen LogP contribution in [0.1, 0.15) is 9.75 Å². The van der Waals surface area contributed by atoms with Gasteiger partial charge in [-0.15, -0.1) is 11.3 Å². The van der Waals surface area contributed by atoms with E-state index in [1.165, 1.54) is 12.4 Å². The van der Waals surface area contributed by atoms with Crippen LogP contribution in [0.15, 0.2) is 18.5 Å². The third-order valence-corrected chi connectivity index (χ3v) is 4.21. The van der Waals surface area contributed by atoms with Gasteiger partial charge in [0, 0.05) is 4.88 Å². The molecule has 3 aromatic rings. The number of aromatic nitrogens is 4. The van der Waals surface area contributed by atoms with Gasteiger partial charge in [-0.1, -0.05) is 11.6 Å². The molecular weight excluding hydrogens is 348 g/mol. The lowest BCUT2D eigenvalue weighted by molar-refractivity contribution is -0.134. The summed E-state index contributed by atoms with van der Waals surface area (Å²) in [4.78, 5) is 11.7. The average molecular weight is 353 g/mol. The first-order valence-corrected chi connectivity index (χ1v) is 7.11. The third-order valence-electron chi connectivity index (χ3n) is 2.66. The molecule has 4 nitrogen and oxygen atoms in total. The summed E-state index contributed by atoms with van der Waals surface area (Å²) in [6.45, 7) is 0.195. The Morgan fingerprint density at radius 1 is 1.19 bits per heavy atom. The molecule has 0 unspecified atom stereocenters. The number of nitrogens with zero attached hydrogens (tertiary/aromatic N) is 4. The summed E-state index contributed by atoms with van der Waals surface area (Å²) in [6.07, 6.45) is -2.90. The van der Waals surface area contributed by atoms with Crippen molar-refractivity contribution in [1.29, 1.82) is 0 Å². The zero-order chi connectivity index (χ0) is 15.2. The standard InChI is InChI=1S/C11H5Cl2F3N4S/c12-8-7-9(19-10(13)18-8)20(4-17-7)3-5-1-2-6(21-5)11(14,15)16/h1-2,4H,3H2. The maximum absolute atomic E-state index is 12.6. The molecule has 0 aliphatic heterocycles. The van der Waals surface area contributed by atoms with Crippen LogP contribution in [-0.4, -0.2) is 19.5 Å². The molecule has 10 heteroatoms. The summed E-state index contributed by atoms with van der Waals surface area (Å²) < 4.78 is 39.3. The number of hydrogen-bond acceptors (Lipinski definition) is 4. The summed E-state index contributed by atoms with van der Waals surface area (Å²) in [7, 11) is 0. The van der Waals surface area contributed by atoms with Crippen molar-refractivity contribution >= 4 is 45.7 Å². The number of halogens is 5. The molecule has 0 bridgehead atoms. The number of alkyl halides is 3. The van der Waals surface area contributed by atoms with E-state index in [4.69, 9.17) is 23.2 Å². The Balaban J connectivity index is 1.97. The highest BCUT2D eigenvalue weighted by Gasteiger charge is 2.32. The van der Waals surface area contributed by atoms with Gasteiger partial charge in [0.15, 0.2) is 10.8 Å². The zero-order valence-electron chi connectivity index (χ0n) is 10.0. The molecule has 0 spiro atoms. The smallest absolute Gasteiger partial charge is 0.310 e. The van der Waals surface area contributed by atoms with Crippen molar-refractivity contribution in [2.75, 3.05) is 0 Å². The highest BCUT2D eigenvalue weighted by molar-refractivity contribution is 7.12. The van der Waals surface area contributed by atoms with Crippen molar-refractivity contribution in [3.8, 4) is 0 Å². The summed E-state index contributed by atoms with van der Waals surface area (Å²) in [5.41, 5.74) is 0.732. The van der Waals surface area contributed by atoms with E-state index in [1.807, 2.05) is 0 Å². The van der Waals surface area contributed by atoms with Crippen LogP contribution in [0.5, 0.6) is 0 Å². The molecule has 0 saturated carbocycles. The Morgan fingerprint density at radius 2 is 1.95 bits per heavy atom. The van der Waals surface area contributed by atoms with E-state index < -0.39 is 11.1 Å². The normalized spacial score (nSPS) is 12.2. The topological polar surface area (TPSA) is 43.6 Å². The number of fused-ring (bicyclic) bond motifs is 1. The quantitative estimate of drug-likeness (QED) is 0.511. The third kappa shape index (κ3) is 2.83. The summed E-state index contributed by atoms with van der Waals surface area (Å²) in [5.74, 6) is 0. The molecule has 0 atom stereocenters. The number of thiophene rings is 1. The molecule has 3 heterocycles. The molecule has 0 N–H and O–H groups in total. The fourth-order valence-corrected chi connectivity index (χ4v) is 3.08. The first-order valence-electron chi connectivity index (χ1n) is 5.54. The highest BCUT2D eigenvalue weighted by atomic mass is 35.5.